The van der Waals surface area contributed by atoms with Gasteiger partial charge in [-0.15, -0.1) is 0 Å². The number of hydrogen-bond donors (Lipinski definition) is 0. The lowest BCUT2D eigenvalue weighted by atomic mass is 9.75. The van der Waals surface area contributed by atoms with E-state index in [1.54, 1.807) is 0 Å². The van der Waals surface area contributed by atoms with Gasteiger partial charge in [0.05, 0.1) is 0 Å². The first-order valence-electron chi connectivity index (χ1n) is 8.64. The Morgan fingerprint density at radius 3 is 1.90 bits per heavy atom. The van der Waals surface area contributed by atoms with E-state index in [1.165, 1.54) is 12.8 Å². The van der Waals surface area contributed by atoms with Crippen molar-refractivity contribution in [2.24, 2.45) is 10.8 Å². The molecule has 0 unspecified atom stereocenters. The molecule has 1 saturated heterocycles. The van der Waals surface area contributed by atoms with E-state index in [1.807, 2.05) is 0 Å². The fourth-order valence-electron chi connectivity index (χ4n) is 3.53. The Bertz CT molecular complexity index is 383. The first-order valence-corrected chi connectivity index (χ1v) is 8.64. The number of rotatable bonds is 4. The zero-order valence-corrected chi connectivity index (χ0v) is 15.0. The Morgan fingerprint density at radius 1 is 1.00 bits per heavy atom. The summed E-state index contributed by atoms with van der Waals surface area (Å²) in [7, 11) is 0. The lowest BCUT2D eigenvalue weighted by molar-refractivity contribution is -0.136. The Labute approximate surface area is 131 Å². The molecular weight excluding hydrogens is 260 g/mol. The molecular formula is C18H34N2O. The summed E-state index contributed by atoms with van der Waals surface area (Å²) in [5.41, 5.74) is 0.802. The molecule has 0 bridgehead atoms. The SMILES string of the molecule is CCC(C)(C)N1CCN(C(=O)CC2(C(C)(C)C)CC2)CC1. The minimum atomic E-state index is 0.259. The van der Waals surface area contributed by atoms with Crippen LogP contribution in [0.2, 0.25) is 0 Å². The number of carbonyl (C=O) groups excluding carboxylic acids is 1. The largest absolute Gasteiger partial charge is 0.340 e. The molecule has 122 valence electrons. The van der Waals surface area contributed by atoms with Gasteiger partial charge in [0.1, 0.15) is 0 Å². The van der Waals surface area contributed by atoms with Gasteiger partial charge in [-0.25, -0.2) is 0 Å². The third-order valence-corrected chi connectivity index (χ3v) is 6.29. The maximum absolute atomic E-state index is 12.6. The van der Waals surface area contributed by atoms with E-state index in [0.29, 0.717) is 5.91 Å². The van der Waals surface area contributed by atoms with Gasteiger partial charge < -0.3 is 4.90 Å². The molecule has 0 aromatic rings. The summed E-state index contributed by atoms with van der Waals surface area (Å²) in [4.78, 5) is 17.3. The van der Waals surface area contributed by atoms with Crippen molar-refractivity contribution in [1.82, 2.24) is 9.80 Å². The van der Waals surface area contributed by atoms with Crippen LogP contribution in [0, 0.1) is 10.8 Å². The second-order valence-corrected chi connectivity index (χ2v) is 8.74. The molecule has 1 aliphatic heterocycles. The average molecular weight is 294 g/mol. The standard InChI is InChI=1S/C18H34N2O/c1-7-17(5,6)20-12-10-19(11-13-20)15(21)14-18(8-9-18)16(2,3)4/h7-14H2,1-6H3. The van der Waals surface area contributed by atoms with Gasteiger partial charge >= 0.3 is 0 Å². The monoisotopic (exact) mass is 294 g/mol. The summed E-state index contributed by atoms with van der Waals surface area (Å²) in [6.07, 6.45) is 4.37. The molecule has 2 fully saturated rings. The van der Waals surface area contributed by atoms with Crippen molar-refractivity contribution in [3.8, 4) is 0 Å². The Morgan fingerprint density at radius 2 is 1.52 bits per heavy atom. The van der Waals surface area contributed by atoms with Gasteiger partial charge in [0.15, 0.2) is 0 Å². The number of piperazine rings is 1. The molecule has 21 heavy (non-hydrogen) atoms. The maximum atomic E-state index is 12.6. The first kappa shape index (κ1) is 16.8. The van der Waals surface area contributed by atoms with Gasteiger partial charge in [0.2, 0.25) is 5.91 Å². The summed E-state index contributed by atoms with van der Waals surface area (Å²) >= 11 is 0. The fourth-order valence-corrected chi connectivity index (χ4v) is 3.53. The first-order chi connectivity index (χ1) is 9.61. The predicted octanol–water partition coefficient (Wildman–Crippen LogP) is 3.54. The number of hydrogen-bond acceptors (Lipinski definition) is 2. The van der Waals surface area contributed by atoms with Gasteiger partial charge in [0, 0.05) is 38.1 Å². The molecule has 0 spiro atoms. The average Bonchev–Trinajstić information content (AvgIpc) is 3.19. The maximum Gasteiger partial charge on any atom is 0.223 e. The highest BCUT2D eigenvalue weighted by Crippen LogP contribution is 2.60. The molecule has 1 amide bonds. The Balaban J connectivity index is 1.87. The second-order valence-electron chi connectivity index (χ2n) is 8.74. The van der Waals surface area contributed by atoms with E-state index < -0.39 is 0 Å². The highest BCUT2D eigenvalue weighted by Gasteiger charge is 2.53. The van der Waals surface area contributed by atoms with E-state index in [0.717, 1.165) is 39.0 Å². The summed E-state index contributed by atoms with van der Waals surface area (Å²) in [5.74, 6) is 0.386. The summed E-state index contributed by atoms with van der Waals surface area (Å²) in [5, 5.41) is 0. The molecule has 3 heteroatoms. The summed E-state index contributed by atoms with van der Waals surface area (Å²) in [6, 6.07) is 0. The normalized spacial score (nSPS) is 23.2. The van der Waals surface area contributed by atoms with Gasteiger partial charge in [0.25, 0.3) is 0 Å². The van der Waals surface area contributed by atoms with Crippen molar-refractivity contribution < 1.29 is 4.79 Å². The third kappa shape index (κ3) is 3.44. The second kappa shape index (κ2) is 5.57. The van der Waals surface area contributed by atoms with Crippen LogP contribution >= 0.6 is 0 Å². The molecule has 0 aromatic heterocycles. The van der Waals surface area contributed by atoms with Crippen LogP contribution in [-0.4, -0.2) is 47.4 Å². The molecule has 1 saturated carbocycles. The van der Waals surface area contributed by atoms with Crippen molar-refractivity contribution in [3.05, 3.63) is 0 Å². The van der Waals surface area contributed by atoms with E-state index in [2.05, 4.69) is 51.3 Å². The van der Waals surface area contributed by atoms with Crippen LogP contribution in [0.3, 0.4) is 0 Å². The molecule has 0 radical (unpaired) electrons. The molecule has 0 aromatic carbocycles. The van der Waals surface area contributed by atoms with Gasteiger partial charge in [-0.2, -0.15) is 0 Å². The smallest absolute Gasteiger partial charge is 0.223 e. The Kier molecular flexibility index (Phi) is 4.45. The van der Waals surface area contributed by atoms with E-state index >= 15 is 0 Å². The van der Waals surface area contributed by atoms with Crippen molar-refractivity contribution in [2.75, 3.05) is 26.2 Å². The third-order valence-electron chi connectivity index (χ3n) is 6.29. The quantitative estimate of drug-likeness (QED) is 0.792. The fraction of sp³-hybridized carbons (Fsp3) is 0.944. The number of amides is 1. The van der Waals surface area contributed by atoms with Gasteiger partial charge in [-0.05, 0) is 43.9 Å². The van der Waals surface area contributed by atoms with E-state index in [4.69, 9.17) is 0 Å². The zero-order chi connectivity index (χ0) is 15.9. The van der Waals surface area contributed by atoms with Crippen molar-refractivity contribution in [1.29, 1.82) is 0 Å². The topological polar surface area (TPSA) is 23.6 Å². The Hall–Kier alpha value is -0.570. The molecule has 0 N–H and O–H groups in total. The minimum absolute atomic E-state index is 0.259. The summed E-state index contributed by atoms with van der Waals surface area (Å²) in [6.45, 7) is 17.6. The van der Waals surface area contributed by atoms with Crippen LogP contribution in [0.15, 0.2) is 0 Å². The van der Waals surface area contributed by atoms with Gasteiger partial charge in [-0.3, -0.25) is 9.69 Å². The molecule has 0 atom stereocenters. The molecule has 3 nitrogen and oxygen atoms in total. The molecule has 1 aliphatic carbocycles. The highest BCUT2D eigenvalue weighted by molar-refractivity contribution is 5.77. The van der Waals surface area contributed by atoms with Crippen LogP contribution in [0.25, 0.3) is 0 Å². The van der Waals surface area contributed by atoms with Crippen molar-refractivity contribution >= 4 is 5.91 Å². The highest BCUT2D eigenvalue weighted by atomic mass is 16.2. The van der Waals surface area contributed by atoms with Crippen LogP contribution in [-0.2, 0) is 4.79 Å². The lowest BCUT2D eigenvalue weighted by Crippen LogP contribution is -2.55. The van der Waals surface area contributed by atoms with Crippen LogP contribution in [0.4, 0.5) is 0 Å². The van der Waals surface area contributed by atoms with Crippen molar-refractivity contribution in [2.45, 2.75) is 72.8 Å². The molecule has 2 aliphatic rings. The van der Waals surface area contributed by atoms with E-state index in [-0.39, 0.29) is 16.4 Å². The van der Waals surface area contributed by atoms with Crippen LogP contribution < -0.4 is 0 Å². The van der Waals surface area contributed by atoms with Crippen LogP contribution in [0.1, 0.15) is 67.2 Å². The number of carbonyl (C=O) groups is 1. The molecule has 2 rings (SSSR count). The zero-order valence-electron chi connectivity index (χ0n) is 15.0. The van der Waals surface area contributed by atoms with Crippen LogP contribution in [0.5, 0.6) is 0 Å². The van der Waals surface area contributed by atoms with Crippen molar-refractivity contribution in [3.63, 3.8) is 0 Å². The van der Waals surface area contributed by atoms with Gasteiger partial charge in [-0.1, -0.05) is 27.7 Å². The molecule has 1 heterocycles. The minimum Gasteiger partial charge on any atom is -0.340 e. The number of nitrogens with zero attached hydrogens (tertiary/aromatic N) is 2. The lowest BCUT2D eigenvalue weighted by Gasteiger charge is -2.44. The summed E-state index contributed by atoms with van der Waals surface area (Å²) < 4.78 is 0. The predicted molar refractivity (Wildman–Crippen MR) is 88.3 cm³/mol. The van der Waals surface area contributed by atoms with E-state index in [9.17, 15) is 4.79 Å².